The maximum Gasteiger partial charge on any atom is 0.221 e. The Labute approximate surface area is 189 Å². The van der Waals surface area contributed by atoms with Crippen molar-refractivity contribution in [2.24, 2.45) is 29.4 Å². The van der Waals surface area contributed by atoms with Crippen LogP contribution in [0.3, 0.4) is 0 Å². The number of primary amides is 1. The van der Waals surface area contributed by atoms with Gasteiger partial charge in [-0.2, -0.15) is 0 Å². The van der Waals surface area contributed by atoms with Crippen LogP contribution in [0.4, 0.5) is 11.4 Å². The number of ether oxygens (including phenoxy) is 1. The molecule has 8 nitrogen and oxygen atoms in total. The molecule has 6 rings (SSSR count). The molecule has 2 saturated carbocycles. The van der Waals surface area contributed by atoms with Crippen LogP contribution in [0.25, 0.3) is 22.6 Å². The minimum absolute atomic E-state index is 0.0929. The van der Waals surface area contributed by atoms with Crippen molar-refractivity contribution in [1.29, 1.82) is 0 Å². The lowest BCUT2D eigenvalue weighted by atomic mass is 9.68. The molecule has 3 aliphatic rings. The highest BCUT2D eigenvalue weighted by Crippen LogP contribution is 2.76. The summed E-state index contributed by atoms with van der Waals surface area (Å²) in [6.45, 7) is 0. The fraction of sp³-hybridized carbons (Fsp3) is 0.348. The van der Waals surface area contributed by atoms with E-state index in [1.165, 1.54) is 0 Å². The van der Waals surface area contributed by atoms with Gasteiger partial charge in [0.25, 0.3) is 0 Å². The lowest BCUT2D eigenvalue weighted by molar-refractivity contribution is -0.126. The number of hydrogen-bond donors (Lipinski definition) is 3. The van der Waals surface area contributed by atoms with Gasteiger partial charge in [-0.3, -0.25) is 4.79 Å². The van der Waals surface area contributed by atoms with Crippen LogP contribution < -0.4 is 20.7 Å². The molecule has 4 N–H and O–H groups in total. The number of halogens is 1. The summed E-state index contributed by atoms with van der Waals surface area (Å²) in [6.07, 6.45) is 5.90. The molecule has 0 bridgehead atoms. The number of benzene rings is 1. The second-order valence-corrected chi connectivity index (χ2v) is 9.40. The van der Waals surface area contributed by atoms with Crippen LogP contribution in [0.1, 0.15) is 0 Å². The summed E-state index contributed by atoms with van der Waals surface area (Å²) in [5, 5.41) is 4.16. The number of carbonyl (C=O) groups is 1. The van der Waals surface area contributed by atoms with Crippen molar-refractivity contribution in [3.05, 3.63) is 41.6 Å². The van der Waals surface area contributed by atoms with E-state index in [9.17, 15) is 4.79 Å². The van der Waals surface area contributed by atoms with Crippen molar-refractivity contribution in [2.45, 2.75) is 5.54 Å². The Hall–Kier alpha value is -3.26. The predicted octanol–water partition coefficient (Wildman–Crippen LogP) is 3.05. The number of imidazole rings is 1. The minimum atomic E-state index is -0.229. The van der Waals surface area contributed by atoms with Gasteiger partial charge in [0, 0.05) is 43.6 Å². The van der Waals surface area contributed by atoms with Crippen LogP contribution in [0.15, 0.2) is 36.5 Å². The van der Waals surface area contributed by atoms with Crippen LogP contribution in [-0.2, 0) is 4.79 Å². The standard InChI is InChI=1S/C23H23ClN6O2/c1-30(2)10-4-5-11(15(8-10)32-3)21-27-19-18(14(24)9-26-22(19)28-21)29-23-12-6-7-13(23)17(23)16(12)20(25)31/h4-9,12-13,16-17H,1-3H3,(H2,25,31)(H2,26,27,28,29)/t12-,13+,16-,17+,23?/m0/s1. The van der Waals surface area contributed by atoms with Crippen LogP contribution in [-0.4, -0.2) is 47.6 Å². The number of pyridine rings is 1. The number of fused-ring (bicyclic) bond motifs is 2. The first-order valence-corrected chi connectivity index (χ1v) is 10.9. The monoisotopic (exact) mass is 450 g/mol. The molecule has 164 valence electrons. The van der Waals surface area contributed by atoms with E-state index in [1.807, 2.05) is 37.2 Å². The number of amides is 1. The van der Waals surface area contributed by atoms with Crippen molar-refractivity contribution in [1.82, 2.24) is 15.0 Å². The average molecular weight is 451 g/mol. The van der Waals surface area contributed by atoms with Crippen molar-refractivity contribution in [2.75, 3.05) is 31.4 Å². The van der Waals surface area contributed by atoms with Gasteiger partial charge >= 0.3 is 0 Å². The molecule has 0 radical (unpaired) electrons. The third kappa shape index (κ3) is 2.35. The third-order valence-corrected chi connectivity index (χ3v) is 7.62. The number of methoxy groups -OCH3 is 1. The summed E-state index contributed by atoms with van der Waals surface area (Å²) in [4.78, 5) is 26.4. The van der Waals surface area contributed by atoms with E-state index in [0.717, 1.165) is 22.5 Å². The molecular weight excluding hydrogens is 428 g/mol. The van der Waals surface area contributed by atoms with Crippen molar-refractivity contribution in [3.63, 3.8) is 0 Å². The third-order valence-electron chi connectivity index (χ3n) is 7.33. The van der Waals surface area contributed by atoms with Gasteiger partial charge in [-0.1, -0.05) is 23.8 Å². The normalized spacial score (nSPS) is 28.9. The van der Waals surface area contributed by atoms with Crippen LogP contribution >= 0.6 is 11.6 Å². The van der Waals surface area contributed by atoms with Gasteiger partial charge < -0.3 is 25.7 Å². The van der Waals surface area contributed by atoms with E-state index in [1.54, 1.807) is 13.3 Å². The second-order valence-electron chi connectivity index (χ2n) is 8.99. The topological polar surface area (TPSA) is 109 Å². The average Bonchev–Trinajstić information content (AvgIpc) is 3.07. The maximum atomic E-state index is 11.9. The number of nitrogens with one attached hydrogen (secondary N) is 2. The quantitative estimate of drug-likeness (QED) is 0.498. The predicted molar refractivity (Wildman–Crippen MR) is 124 cm³/mol. The molecule has 0 spiro atoms. The minimum Gasteiger partial charge on any atom is -0.496 e. The number of aromatic amines is 1. The van der Waals surface area contributed by atoms with Gasteiger partial charge in [-0.05, 0) is 12.1 Å². The highest BCUT2D eigenvalue weighted by Gasteiger charge is 2.83. The van der Waals surface area contributed by atoms with Gasteiger partial charge in [0.15, 0.2) is 5.65 Å². The van der Waals surface area contributed by atoms with Crippen LogP contribution in [0.2, 0.25) is 5.02 Å². The smallest absolute Gasteiger partial charge is 0.221 e. The number of nitrogens with zero attached hydrogens (tertiary/aromatic N) is 3. The first-order valence-electron chi connectivity index (χ1n) is 10.5. The van der Waals surface area contributed by atoms with Crippen LogP contribution in [0.5, 0.6) is 5.75 Å². The molecule has 9 heteroatoms. The Morgan fingerprint density at radius 1 is 1.31 bits per heavy atom. The zero-order valence-electron chi connectivity index (χ0n) is 17.9. The zero-order valence-corrected chi connectivity index (χ0v) is 18.6. The SMILES string of the molecule is COc1cc(N(C)C)ccc1-c1nc2ncc(Cl)c(NC34[C@H]5[C@@H](C(N)=O)[C@@H]3C=C[C@H]54)c2[nH]1. The molecule has 5 atom stereocenters. The highest BCUT2D eigenvalue weighted by molar-refractivity contribution is 6.34. The van der Waals surface area contributed by atoms with Gasteiger partial charge in [0.2, 0.25) is 5.91 Å². The molecule has 0 aliphatic heterocycles. The number of H-pyrrole nitrogens is 1. The Morgan fingerprint density at radius 2 is 2.09 bits per heavy atom. The number of anilines is 2. The maximum absolute atomic E-state index is 11.9. The van der Waals surface area contributed by atoms with E-state index in [2.05, 4.69) is 27.4 Å². The molecule has 0 saturated heterocycles. The molecule has 3 aliphatic carbocycles. The molecule has 1 aromatic carbocycles. The first-order chi connectivity index (χ1) is 15.4. The largest absolute Gasteiger partial charge is 0.496 e. The highest BCUT2D eigenvalue weighted by atomic mass is 35.5. The number of aromatic nitrogens is 3. The number of rotatable bonds is 6. The summed E-state index contributed by atoms with van der Waals surface area (Å²) in [5.41, 5.74) is 9.35. The number of hydrogen-bond acceptors (Lipinski definition) is 6. The second kappa shape index (κ2) is 6.38. The zero-order chi connectivity index (χ0) is 22.4. The molecule has 1 unspecified atom stereocenters. The van der Waals surface area contributed by atoms with Gasteiger partial charge in [-0.15, -0.1) is 0 Å². The van der Waals surface area contributed by atoms with E-state index in [0.29, 0.717) is 28.2 Å². The Bertz CT molecular complexity index is 1320. The fourth-order valence-electron chi connectivity index (χ4n) is 5.79. The van der Waals surface area contributed by atoms with Crippen molar-refractivity contribution < 1.29 is 9.53 Å². The van der Waals surface area contributed by atoms with Gasteiger partial charge in [0.1, 0.15) is 17.1 Å². The molecular formula is C23H23ClN6O2. The molecule has 2 fully saturated rings. The first kappa shape index (κ1) is 19.4. The van der Waals surface area contributed by atoms with E-state index >= 15 is 0 Å². The lowest BCUT2D eigenvalue weighted by Gasteiger charge is -2.41. The Balaban J connectivity index is 1.40. The summed E-state index contributed by atoms with van der Waals surface area (Å²) in [6, 6.07) is 5.96. The summed E-state index contributed by atoms with van der Waals surface area (Å²) >= 11 is 6.58. The van der Waals surface area contributed by atoms with Crippen molar-refractivity contribution >= 4 is 40.0 Å². The molecule has 2 aromatic heterocycles. The summed E-state index contributed by atoms with van der Waals surface area (Å²) < 4.78 is 5.62. The van der Waals surface area contributed by atoms with Gasteiger partial charge in [0.05, 0.1) is 41.0 Å². The lowest BCUT2D eigenvalue weighted by Crippen LogP contribution is -2.52. The fourth-order valence-corrected chi connectivity index (χ4v) is 5.98. The van der Waals surface area contributed by atoms with Gasteiger partial charge in [-0.25, -0.2) is 9.97 Å². The summed E-state index contributed by atoms with van der Waals surface area (Å²) in [7, 11) is 5.61. The van der Waals surface area contributed by atoms with E-state index in [-0.39, 0.29) is 29.2 Å². The van der Waals surface area contributed by atoms with E-state index < -0.39 is 0 Å². The Kier molecular flexibility index (Phi) is 3.88. The molecule has 32 heavy (non-hydrogen) atoms. The summed E-state index contributed by atoms with van der Waals surface area (Å²) in [5.74, 6) is 1.63. The number of nitrogens with two attached hydrogens (primary N) is 1. The van der Waals surface area contributed by atoms with Crippen molar-refractivity contribution in [3.8, 4) is 17.1 Å². The van der Waals surface area contributed by atoms with E-state index in [4.69, 9.17) is 27.1 Å². The molecule has 3 aromatic rings. The number of carbonyl (C=O) groups excluding carboxylic acids is 1. The van der Waals surface area contributed by atoms with Crippen LogP contribution in [0, 0.1) is 23.7 Å². The Morgan fingerprint density at radius 3 is 2.78 bits per heavy atom. The molecule has 2 heterocycles. The molecule has 1 amide bonds.